The predicted molar refractivity (Wildman–Crippen MR) is 97.1 cm³/mol. The van der Waals surface area contributed by atoms with E-state index in [1.807, 2.05) is 60.0 Å². The van der Waals surface area contributed by atoms with E-state index in [2.05, 4.69) is 11.3 Å². The quantitative estimate of drug-likeness (QED) is 0.810. The number of amides is 1. The van der Waals surface area contributed by atoms with Gasteiger partial charge in [-0.25, -0.2) is 0 Å². The molecule has 1 saturated heterocycles. The van der Waals surface area contributed by atoms with Crippen LogP contribution in [0.3, 0.4) is 0 Å². The fraction of sp³-hybridized carbons (Fsp3) is 0.500. The molecule has 0 unspecified atom stereocenters. The molecule has 0 saturated carbocycles. The molecule has 5 nitrogen and oxygen atoms in total. The molecule has 1 amide bonds. The van der Waals surface area contributed by atoms with Crippen LogP contribution >= 0.6 is 0 Å². The Morgan fingerprint density at radius 2 is 2.16 bits per heavy atom. The number of ether oxygens (including phenoxy) is 1. The van der Waals surface area contributed by atoms with Gasteiger partial charge in [-0.05, 0) is 30.9 Å². The normalized spacial score (nSPS) is 19.0. The van der Waals surface area contributed by atoms with Gasteiger partial charge >= 0.3 is 0 Å². The van der Waals surface area contributed by atoms with Crippen molar-refractivity contribution in [3.63, 3.8) is 0 Å². The Morgan fingerprint density at radius 1 is 1.36 bits per heavy atom. The minimum Gasteiger partial charge on any atom is -0.376 e. The molecule has 3 rings (SSSR count). The van der Waals surface area contributed by atoms with Crippen LogP contribution in [0.15, 0.2) is 42.7 Å². The minimum atomic E-state index is -0.123. The van der Waals surface area contributed by atoms with Crippen LogP contribution in [0.25, 0.3) is 0 Å². The predicted octanol–water partition coefficient (Wildman–Crippen LogP) is 3.21. The molecule has 0 aliphatic carbocycles. The zero-order valence-corrected chi connectivity index (χ0v) is 15.1. The van der Waals surface area contributed by atoms with E-state index in [0.717, 1.165) is 37.1 Å². The number of nitrogens with zero attached hydrogens (tertiary/aromatic N) is 3. The topological polar surface area (TPSA) is 47.4 Å². The average Bonchev–Trinajstić information content (AvgIpc) is 3.08. The summed E-state index contributed by atoms with van der Waals surface area (Å²) in [5, 5.41) is 4.42. The molecule has 25 heavy (non-hydrogen) atoms. The molecule has 5 heteroatoms. The van der Waals surface area contributed by atoms with E-state index in [1.165, 1.54) is 0 Å². The molecule has 0 spiro atoms. The number of hydrogen-bond donors (Lipinski definition) is 0. The SMILES string of the molecule is Cc1cnn([C@@H]2CCCN(C(=O)[C@@H](C)COCc3ccccc3)C2)c1. The van der Waals surface area contributed by atoms with Gasteiger partial charge in [0, 0.05) is 19.3 Å². The van der Waals surface area contributed by atoms with Crippen molar-refractivity contribution in [1.82, 2.24) is 14.7 Å². The maximum atomic E-state index is 12.7. The number of benzene rings is 1. The second-order valence-corrected chi connectivity index (χ2v) is 6.98. The molecule has 1 aliphatic heterocycles. The van der Waals surface area contributed by atoms with Gasteiger partial charge in [0.2, 0.25) is 5.91 Å². The molecular formula is C20H27N3O2. The lowest BCUT2D eigenvalue weighted by molar-refractivity contribution is -0.138. The zero-order valence-electron chi connectivity index (χ0n) is 15.1. The summed E-state index contributed by atoms with van der Waals surface area (Å²) in [4.78, 5) is 14.7. The molecule has 134 valence electrons. The molecule has 0 radical (unpaired) electrons. The summed E-state index contributed by atoms with van der Waals surface area (Å²) in [6, 6.07) is 10.3. The van der Waals surface area contributed by atoms with E-state index < -0.39 is 0 Å². The van der Waals surface area contributed by atoms with E-state index in [1.54, 1.807) is 0 Å². The fourth-order valence-corrected chi connectivity index (χ4v) is 3.31. The summed E-state index contributed by atoms with van der Waals surface area (Å²) in [5.74, 6) is 0.0588. The van der Waals surface area contributed by atoms with Crippen LogP contribution in [0.1, 0.15) is 36.9 Å². The monoisotopic (exact) mass is 341 g/mol. The van der Waals surface area contributed by atoms with Gasteiger partial charge in [-0.1, -0.05) is 37.3 Å². The standard InChI is InChI=1S/C20H27N3O2/c1-16-11-21-23(12-16)19-9-6-10-22(13-19)20(24)17(2)14-25-15-18-7-4-3-5-8-18/h3-5,7-8,11-12,17,19H,6,9-10,13-15H2,1-2H3/t17-,19+/m0/s1. The van der Waals surface area contributed by atoms with Crippen molar-refractivity contribution in [2.75, 3.05) is 19.7 Å². The number of hydrogen-bond acceptors (Lipinski definition) is 3. The van der Waals surface area contributed by atoms with E-state index >= 15 is 0 Å². The van der Waals surface area contributed by atoms with Crippen molar-refractivity contribution in [3.8, 4) is 0 Å². The van der Waals surface area contributed by atoms with Crippen molar-refractivity contribution in [1.29, 1.82) is 0 Å². The number of likely N-dealkylation sites (tertiary alicyclic amines) is 1. The highest BCUT2D eigenvalue weighted by Gasteiger charge is 2.28. The second-order valence-electron chi connectivity index (χ2n) is 6.98. The molecule has 2 aromatic rings. The molecule has 0 N–H and O–H groups in total. The average molecular weight is 341 g/mol. The lowest BCUT2D eigenvalue weighted by atomic mass is 10.0. The van der Waals surface area contributed by atoms with Crippen molar-refractivity contribution >= 4 is 5.91 Å². The third-order valence-electron chi connectivity index (χ3n) is 4.71. The van der Waals surface area contributed by atoms with Crippen LogP contribution in [0.4, 0.5) is 0 Å². The lowest BCUT2D eigenvalue weighted by Crippen LogP contribution is -2.44. The molecular weight excluding hydrogens is 314 g/mol. The van der Waals surface area contributed by atoms with Gasteiger partial charge in [0.25, 0.3) is 0 Å². The Hall–Kier alpha value is -2.14. The van der Waals surface area contributed by atoms with E-state index in [-0.39, 0.29) is 17.9 Å². The first-order valence-electron chi connectivity index (χ1n) is 9.04. The third kappa shape index (κ3) is 4.69. The highest BCUT2D eigenvalue weighted by Crippen LogP contribution is 2.22. The van der Waals surface area contributed by atoms with Crippen LogP contribution in [0.5, 0.6) is 0 Å². The minimum absolute atomic E-state index is 0.123. The van der Waals surface area contributed by atoms with Crippen LogP contribution in [-0.4, -0.2) is 40.3 Å². The molecule has 1 aromatic carbocycles. The second kappa shape index (κ2) is 8.30. The summed E-state index contributed by atoms with van der Waals surface area (Å²) in [7, 11) is 0. The van der Waals surface area contributed by atoms with Gasteiger partial charge in [0.15, 0.2) is 0 Å². The fourth-order valence-electron chi connectivity index (χ4n) is 3.31. The van der Waals surface area contributed by atoms with E-state index in [4.69, 9.17) is 4.74 Å². The number of carbonyl (C=O) groups excluding carboxylic acids is 1. The first-order chi connectivity index (χ1) is 12.1. The maximum absolute atomic E-state index is 12.7. The molecule has 2 atom stereocenters. The number of aromatic nitrogens is 2. The first-order valence-corrected chi connectivity index (χ1v) is 9.04. The van der Waals surface area contributed by atoms with E-state index in [0.29, 0.717) is 13.2 Å². The Balaban J connectivity index is 1.49. The van der Waals surface area contributed by atoms with Crippen LogP contribution < -0.4 is 0 Å². The van der Waals surface area contributed by atoms with Gasteiger partial charge in [-0.2, -0.15) is 5.10 Å². The van der Waals surface area contributed by atoms with Crippen molar-refractivity contribution in [2.24, 2.45) is 5.92 Å². The Labute approximate surface area is 149 Å². The van der Waals surface area contributed by atoms with Crippen LogP contribution in [-0.2, 0) is 16.1 Å². The number of rotatable bonds is 6. The van der Waals surface area contributed by atoms with Crippen LogP contribution in [0.2, 0.25) is 0 Å². The zero-order chi connectivity index (χ0) is 17.6. The maximum Gasteiger partial charge on any atom is 0.227 e. The highest BCUT2D eigenvalue weighted by atomic mass is 16.5. The third-order valence-corrected chi connectivity index (χ3v) is 4.71. The van der Waals surface area contributed by atoms with Gasteiger partial charge in [0.1, 0.15) is 0 Å². The van der Waals surface area contributed by atoms with Crippen molar-refractivity contribution < 1.29 is 9.53 Å². The largest absolute Gasteiger partial charge is 0.376 e. The van der Waals surface area contributed by atoms with Crippen LogP contribution in [0, 0.1) is 12.8 Å². The molecule has 1 fully saturated rings. The lowest BCUT2D eigenvalue weighted by Gasteiger charge is -2.34. The number of carbonyl (C=O) groups is 1. The molecule has 2 heterocycles. The summed E-state index contributed by atoms with van der Waals surface area (Å²) >= 11 is 0. The molecule has 1 aliphatic rings. The summed E-state index contributed by atoms with van der Waals surface area (Å²) in [6.07, 6.45) is 6.03. The van der Waals surface area contributed by atoms with Gasteiger partial charge in [0.05, 0.1) is 31.4 Å². The number of aryl methyl sites for hydroxylation is 1. The summed E-state index contributed by atoms with van der Waals surface area (Å²) < 4.78 is 7.75. The van der Waals surface area contributed by atoms with Gasteiger partial charge < -0.3 is 9.64 Å². The Bertz CT molecular complexity index is 683. The molecule has 1 aromatic heterocycles. The Morgan fingerprint density at radius 3 is 2.88 bits per heavy atom. The van der Waals surface area contributed by atoms with Crippen molar-refractivity contribution in [3.05, 3.63) is 53.9 Å². The summed E-state index contributed by atoms with van der Waals surface area (Å²) in [6.45, 7) is 6.57. The highest BCUT2D eigenvalue weighted by molar-refractivity contribution is 5.78. The summed E-state index contributed by atoms with van der Waals surface area (Å²) in [5.41, 5.74) is 2.29. The smallest absolute Gasteiger partial charge is 0.227 e. The Kier molecular flexibility index (Phi) is 5.87. The molecule has 0 bridgehead atoms. The number of piperidine rings is 1. The van der Waals surface area contributed by atoms with Gasteiger partial charge in [-0.15, -0.1) is 0 Å². The van der Waals surface area contributed by atoms with Crippen molar-refractivity contribution in [2.45, 2.75) is 39.3 Å². The van der Waals surface area contributed by atoms with Gasteiger partial charge in [-0.3, -0.25) is 9.48 Å². The van der Waals surface area contributed by atoms with E-state index in [9.17, 15) is 4.79 Å². The first kappa shape index (κ1) is 17.7.